The zero-order chi connectivity index (χ0) is 28.1. The zero-order valence-corrected chi connectivity index (χ0v) is 22.7. The fraction of sp³-hybridized carbons (Fsp3) is 0.333. The van der Waals surface area contributed by atoms with Gasteiger partial charge in [-0.05, 0) is 60.4 Å². The van der Waals surface area contributed by atoms with Crippen molar-refractivity contribution in [1.82, 2.24) is 25.2 Å². The van der Waals surface area contributed by atoms with Crippen molar-refractivity contribution in [3.8, 4) is 0 Å². The summed E-state index contributed by atoms with van der Waals surface area (Å²) < 4.78 is 20.9. The molecule has 0 spiro atoms. The number of hydrogen-bond donors (Lipinski definition) is 1. The Bertz CT molecular complexity index is 1450. The smallest absolute Gasteiger partial charge is 0.247 e. The number of amides is 2. The molecule has 9 nitrogen and oxygen atoms in total. The highest BCUT2D eigenvalue weighted by atomic mass is 19.1. The van der Waals surface area contributed by atoms with E-state index in [1.54, 1.807) is 12.1 Å². The summed E-state index contributed by atoms with van der Waals surface area (Å²) in [5.74, 6) is -1.01. The highest BCUT2D eigenvalue weighted by Crippen LogP contribution is 2.27. The molecule has 0 bridgehead atoms. The van der Waals surface area contributed by atoms with Crippen molar-refractivity contribution in [3.63, 3.8) is 0 Å². The number of benzene rings is 3. The van der Waals surface area contributed by atoms with E-state index in [-0.39, 0.29) is 36.8 Å². The van der Waals surface area contributed by atoms with Crippen LogP contribution in [0.5, 0.6) is 0 Å². The van der Waals surface area contributed by atoms with Crippen LogP contribution in [0, 0.1) is 5.82 Å². The van der Waals surface area contributed by atoms with Gasteiger partial charge in [0.05, 0.1) is 11.6 Å². The van der Waals surface area contributed by atoms with E-state index in [1.807, 2.05) is 67.5 Å². The van der Waals surface area contributed by atoms with Gasteiger partial charge < -0.3 is 19.9 Å². The van der Waals surface area contributed by atoms with E-state index in [4.69, 9.17) is 4.74 Å². The molecule has 1 aliphatic heterocycles. The number of aromatic nitrogens is 3. The van der Waals surface area contributed by atoms with Crippen LogP contribution in [0.25, 0.3) is 11.0 Å². The number of nitrogens with one attached hydrogen (secondary N) is 1. The summed E-state index contributed by atoms with van der Waals surface area (Å²) in [5.41, 5.74) is 3.71. The second-order valence-corrected chi connectivity index (χ2v) is 10.2. The first kappa shape index (κ1) is 27.3. The lowest BCUT2D eigenvalue weighted by Gasteiger charge is -2.32. The lowest BCUT2D eigenvalue weighted by atomic mass is 10.0. The lowest BCUT2D eigenvalue weighted by Crippen LogP contribution is -2.46. The molecule has 5 rings (SSSR count). The second-order valence-electron chi connectivity index (χ2n) is 10.2. The molecule has 2 atom stereocenters. The van der Waals surface area contributed by atoms with Crippen LogP contribution in [0.15, 0.2) is 72.8 Å². The maximum absolute atomic E-state index is 14.0. The third-order valence-electron chi connectivity index (χ3n) is 7.10. The van der Waals surface area contributed by atoms with E-state index in [0.29, 0.717) is 35.3 Å². The largest absolute Gasteiger partial charge is 0.378 e. The summed E-state index contributed by atoms with van der Waals surface area (Å²) in [4.78, 5) is 31.4. The number of nitrogens with zero attached hydrogens (tertiary/aromatic N) is 5. The number of para-hydroxylation sites is 1. The molecule has 2 amide bonds. The van der Waals surface area contributed by atoms with Crippen LogP contribution < -0.4 is 10.2 Å². The Hall–Kier alpha value is -4.31. The molecular weight excluding hydrogens is 511 g/mol. The van der Waals surface area contributed by atoms with E-state index in [2.05, 4.69) is 15.6 Å². The summed E-state index contributed by atoms with van der Waals surface area (Å²) >= 11 is 0. The minimum absolute atomic E-state index is 0.0523. The van der Waals surface area contributed by atoms with Gasteiger partial charge in [-0.15, -0.1) is 5.10 Å². The first-order valence-corrected chi connectivity index (χ1v) is 13.4. The summed E-state index contributed by atoms with van der Waals surface area (Å²) in [5, 5.41) is 11.4. The molecule has 1 saturated heterocycles. The minimum Gasteiger partial charge on any atom is -0.378 e. The number of rotatable bonds is 10. The molecule has 2 heterocycles. The number of hydrogen-bond acceptors (Lipinski definition) is 6. The lowest BCUT2D eigenvalue weighted by molar-refractivity contribution is -0.142. The van der Waals surface area contributed by atoms with Crippen LogP contribution >= 0.6 is 0 Å². The molecule has 2 unspecified atom stereocenters. The number of anilines is 1. The third-order valence-corrected chi connectivity index (χ3v) is 7.10. The van der Waals surface area contributed by atoms with Crippen LogP contribution in [-0.2, 0) is 27.4 Å². The number of ether oxygens (including phenoxy) is 1. The summed E-state index contributed by atoms with van der Waals surface area (Å²) in [6.07, 6.45) is 1.78. The highest BCUT2D eigenvalue weighted by molar-refractivity contribution is 5.89. The number of carbonyl (C=O) groups excluding carboxylic acids is 2. The fourth-order valence-electron chi connectivity index (χ4n) is 4.91. The van der Waals surface area contributed by atoms with Crippen LogP contribution in [-0.4, -0.2) is 65.1 Å². The molecule has 3 aromatic carbocycles. The molecule has 0 aliphatic carbocycles. The average molecular weight is 545 g/mol. The van der Waals surface area contributed by atoms with Gasteiger partial charge in [-0.3, -0.25) is 9.59 Å². The predicted octanol–water partition coefficient (Wildman–Crippen LogP) is 3.70. The monoisotopic (exact) mass is 544 g/mol. The van der Waals surface area contributed by atoms with Crippen molar-refractivity contribution >= 4 is 28.5 Å². The van der Waals surface area contributed by atoms with Crippen molar-refractivity contribution < 1.29 is 18.7 Å². The quantitative estimate of drug-likeness (QED) is 0.327. The number of halogens is 1. The van der Waals surface area contributed by atoms with Gasteiger partial charge in [0.2, 0.25) is 11.8 Å². The first-order chi connectivity index (χ1) is 19.4. The van der Waals surface area contributed by atoms with Crippen LogP contribution in [0.3, 0.4) is 0 Å². The van der Waals surface area contributed by atoms with E-state index in [0.717, 1.165) is 18.5 Å². The summed E-state index contributed by atoms with van der Waals surface area (Å²) in [6, 6.07) is 19.9. The zero-order valence-electron chi connectivity index (χ0n) is 22.7. The molecule has 0 saturated carbocycles. The Balaban J connectivity index is 1.50. The number of fused-ring (bicyclic) bond motifs is 1. The van der Waals surface area contributed by atoms with Gasteiger partial charge in [-0.2, -0.15) is 0 Å². The van der Waals surface area contributed by atoms with Crippen molar-refractivity contribution in [1.29, 1.82) is 0 Å². The third kappa shape index (κ3) is 6.28. The van der Waals surface area contributed by atoms with E-state index < -0.39 is 6.04 Å². The van der Waals surface area contributed by atoms with Crippen molar-refractivity contribution in [2.24, 2.45) is 0 Å². The second kappa shape index (κ2) is 12.3. The number of carbonyl (C=O) groups is 2. The van der Waals surface area contributed by atoms with Crippen LogP contribution in [0.2, 0.25) is 0 Å². The Kier molecular flexibility index (Phi) is 8.35. The van der Waals surface area contributed by atoms with E-state index >= 15 is 0 Å². The van der Waals surface area contributed by atoms with Crippen molar-refractivity contribution in [2.75, 3.05) is 32.1 Å². The van der Waals surface area contributed by atoms with E-state index in [9.17, 15) is 14.0 Å². The van der Waals surface area contributed by atoms with Gasteiger partial charge in [-0.1, -0.05) is 41.6 Å². The predicted molar refractivity (Wildman–Crippen MR) is 150 cm³/mol. The average Bonchev–Trinajstić information content (AvgIpc) is 3.63. The van der Waals surface area contributed by atoms with Crippen molar-refractivity contribution in [2.45, 2.75) is 38.1 Å². The van der Waals surface area contributed by atoms with Gasteiger partial charge in [0.15, 0.2) is 0 Å². The maximum Gasteiger partial charge on any atom is 0.247 e. The molecule has 4 aromatic rings. The Morgan fingerprint density at radius 2 is 1.82 bits per heavy atom. The Morgan fingerprint density at radius 1 is 1.07 bits per heavy atom. The van der Waals surface area contributed by atoms with Crippen LogP contribution in [0.1, 0.15) is 30.0 Å². The highest BCUT2D eigenvalue weighted by Gasteiger charge is 2.33. The summed E-state index contributed by atoms with van der Waals surface area (Å²) in [7, 11) is 3.88. The molecule has 1 aliphatic rings. The Morgan fingerprint density at radius 3 is 2.52 bits per heavy atom. The molecule has 1 N–H and O–H groups in total. The standard InChI is InChI=1S/C30H33FN6O3/c1-35(2)24-15-11-22(12-16-24)29(30(39)32-18-25-6-5-17-40-25)36(19-21-9-13-23(31)14-10-21)28(38)20-37-27-8-4-3-7-26(27)33-34-37/h3-4,7-16,25,29H,5-6,17-20H2,1-2H3,(H,32,39). The summed E-state index contributed by atoms with van der Waals surface area (Å²) in [6.45, 7) is 1.01. The fourth-order valence-corrected chi connectivity index (χ4v) is 4.91. The molecule has 208 valence electrons. The Labute approximate surface area is 232 Å². The molecular formula is C30H33FN6O3. The molecule has 1 aromatic heterocycles. The van der Waals surface area contributed by atoms with Gasteiger partial charge in [-0.25, -0.2) is 9.07 Å². The maximum atomic E-state index is 14.0. The molecule has 40 heavy (non-hydrogen) atoms. The first-order valence-electron chi connectivity index (χ1n) is 13.4. The molecule has 10 heteroatoms. The normalized spacial score (nSPS) is 15.6. The van der Waals surface area contributed by atoms with Gasteiger partial charge in [0.1, 0.15) is 23.9 Å². The minimum atomic E-state index is -0.940. The van der Waals surface area contributed by atoms with Gasteiger partial charge >= 0.3 is 0 Å². The molecule has 1 fully saturated rings. The van der Waals surface area contributed by atoms with E-state index in [1.165, 1.54) is 21.7 Å². The van der Waals surface area contributed by atoms with Gasteiger partial charge in [0.25, 0.3) is 0 Å². The molecule has 0 radical (unpaired) electrons. The van der Waals surface area contributed by atoms with Crippen molar-refractivity contribution in [3.05, 3.63) is 89.7 Å². The van der Waals surface area contributed by atoms with Crippen LogP contribution in [0.4, 0.5) is 10.1 Å². The van der Waals surface area contributed by atoms with Gasteiger partial charge in [0, 0.05) is 39.5 Å². The SMILES string of the molecule is CN(C)c1ccc(C(C(=O)NCC2CCCO2)N(Cc2ccc(F)cc2)C(=O)Cn2nnc3ccccc32)cc1. The topological polar surface area (TPSA) is 92.6 Å².